The molecule has 4 nitrogen and oxygen atoms in total. The van der Waals surface area contributed by atoms with Gasteiger partial charge >= 0.3 is 0 Å². The molecule has 1 fully saturated rings. The summed E-state index contributed by atoms with van der Waals surface area (Å²) < 4.78 is 2.24. The van der Waals surface area contributed by atoms with Crippen molar-refractivity contribution in [3.8, 4) is 6.07 Å². The SMILES string of the molecule is CN1CCCCC1CCn1c(CC#N)nc2ccccc21. The average molecular weight is 282 g/mol. The van der Waals surface area contributed by atoms with E-state index >= 15 is 0 Å². The van der Waals surface area contributed by atoms with E-state index < -0.39 is 0 Å². The van der Waals surface area contributed by atoms with Crippen molar-refractivity contribution in [3.05, 3.63) is 30.1 Å². The normalized spacial score (nSPS) is 19.7. The second-order valence-corrected chi connectivity index (χ2v) is 5.92. The molecule has 0 amide bonds. The molecule has 1 atom stereocenters. The Labute approximate surface area is 126 Å². The Bertz CT molecular complexity index is 652. The molecule has 1 aliphatic rings. The van der Waals surface area contributed by atoms with Gasteiger partial charge < -0.3 is 9.47 Å². The molecule has 0 radical (unpaired) electrons. The van der Waals surface area contributed by atoms with Crippen LogP contribution >= 0.6 is 0 Å². The molecule has 0 bridgehead atoms. The fourth-order valence-corrected chi connectivity index (χ4v) is 3.37. The van der Waals surface area contributed by atoms with Crippen molar-refractivity contribution in [2.75, 3.05) is 13.6 Å². The smallest absolute Gasteiger partial charge is 0.124 e. The van der Waals surface area contributed by atoms with Crippen molar-refractivity contribution >= 4 is 11.0 Å². The molecule has 2 aromatic rings. The number of para-hydroxylation sites is 2. The van der Waals surface area contributed by atoms with E-state index in [9.17, 15) is 0 Å². The molecule has 1 unspecified atom stereocenters. The van der Waals surface area contributed by atoms with Gasteiger partial charge in [-0.15, -0.1) is 0 Å². The number of hydrogen-bond acceptors (Lipinski definition) is 3. The summed E-state index contributed by atoms with van der Waals surface area (Å²) in [6.07, 6.45) is 5.46. The highest BCUT2D eigenvalue weighted by Gasteiger charge is 2.19. The van der Waals surface area contributed by atoms with Crippen LogP contribution in [-0.2, 0) is 13.0 Å². The Morgan fingerprint density at radius 1 is 1.33 bits per heavy atom. The number of likely N-dealkylation sites (tertiary alicyclic amines) is 1. The van der Waals surface area contributed by atoms with Gasteiger partial charge in [0.05, 0.1) is 23.5 Å². The molecule has 4 heteroatoms. The second-order valence-electron chi connectivity index (χ2n) is 5.92. The monoisotopic (exact) mass is 282 g/mol. The minimum absolute atomic E-state index is 0.384. The predicted molar refractivity (Wildman–Crippen MR) is 83.9 cm³/mol. The van der Waals surface area contributed by atoms with E-state index in [0.29, 0.717) is 12.5 Å². The third-order valence-corrected chi connectivity index (χ3v) is 4.58. The molecule has 1 aliphatic heterocycles. The maximum Gasteiger partial charge on any atom is 0.124 e. The molecule has 1 aromatic carbocycles. The summed E-state index contributed by atoms with van der Waals surface area (Å²) in [7, 11) is 2.23. The van der Waals surface area contributed by atoms with Crippen molar-refractivity contribution in [3.63, 3.8) is 0 Å². The molecule has 3 rings (SSSR count). The number of aromatic nitrogens is 2. The summed E-state index contributed by atoms with van der Waals surface area (Å²) in [5, 5.41) is 9.02. The van der Waals surface area contributed by atoms with E-state index in [1.807, 2.05) is 18.2 Å². The Balaban J connectivity index is 1.82. The van der Waals surface area contributed by atoms with Crippen molar-refractivity contribution in [2.24, 2.45) is 0 Å². The predicted octanol–water partition coefficient (Wildman–Crippen LogP) is 2.98. The van der Waals surface area contributed by atoms with Crippen LogP contribution in [-0.4, -0.2) is 34.1 Å². The van der Waals surface area contributed by atoms with Gasteiger partial charge in [-0.05, 0) is 45.0 Å². The molecule has 0 saturated carbocycles. The lowest BCUT2D eigenvalue weighted by Crippen LogP contribution is -2.36. The summed E-state index contributed by atoms with van der Waals surface area (Å²) in [6.45, 7) is 2.16. The van der Waals surface area contributed by atoms with E-state index in [1.165, 1.54) is 25.8 Å². The van der Waals surface area contributed by atoms with Gasteiger partial charge in [0.25, 0.3) is 0 Å². The van der Waals surface area contributed by atoms with Crippen molar-refractivity contribution < 1.29 is 0 Å². The first-order valence-corrected chi connectivity index (χ1v) is 7.81. The fraction of sp³-hybridized carbons (Fsp3) is 0.529. The first-order valence-electron chi connectivity index (χ1n) is 7.81. The van der Waals surface area contributed by atoms with Gasteiger partial charge in [-0.3, -0.25) is 0 Å². The summed E-state index contributed by atoms with van der Waals surface area (Å²) in [4.78, 5) is 7.09. The number of nitriles is 1. The van der Waals surface area contributed by atoms with Crippen molar-refractivity contribution in [2.45, 2.75) is 44.7 Å². The molecule has 1 aromatic heterocycles. The van der Waals surface area contributed by atoms with E-state index in [4.69, 9.17) is 5.26 Å². The molecular formula is C17H22N4. The van der Waals surface area contributed by atoms with Crippen molar-refractivity contribution in [1.29, 1.82) is 5.26 Å². The maximum atomic E-state index is 9.02. The zero-order valence-corrected chi connectivity index (χ0v) is 12.6. The van der Waals surface area contributed by atoms with E-state index in [2.05, 4.69) is 33.6 Å². The standard InChI is InChI=1S/C17H22N4/c1-20-12-5-4-6-14(20)10-13-21-16-8-3-2-7-15(16)19-17(21)9-11-18/h2-3,7-8,14H,4-6,9-10,12-13H2,1H3. The fourth-order valence-electron chi connectivity index (χ4n) is 3.37. The maximum absolute atomic E-state index is 9.02. The quantitative estimate of drug-likeness (QED) is 0.866. The number of aryl methyl sites for hydroxylation is 1. The minimum Gasteiger partial charge on any atom is -0.327 e. The Hall–Kier alpha value is -1.86. The first kappa shape index (κ1) is 14.1. The van der Waals surface area contributed by atoms with Crippen LogP contribution in [0.25, 0.3) is 11.0 Å². The Kier molecular flexibility index (Phi) is 4.21. The van der Waals surface area contributed by atoms with Crippen LogP contribution in [0.1, 0.15) is 31.5 Å². The van der Waals surface area contributed by atoms with Crippen LogP contribution in [0.3, 0.4) is 0 Å². The lowest BCUT2D eigenvalue weighted by molar-refractivity contribution is 0.171. The molecule has 110 valence electrons. The molecule has 0 N–H and O–H groups in total. The summed E-state index contributed by atoms with van der Waals surface area (Å²) in [5.41, 5.74) is 2.15. The van der Waals surface area contributed by atoms with Gasteiger partial charge in [0, 0.05) is 12.6 Å². The molecular weight excluding hydrogens is 260 g/mol. The van der Waals surface area contributed by atoms with Crippen LogP contribution < -0.4 is 0 Å². The van der Waals surface area contributed by atoms with Gasteiger partial charge in [-0.2, -0.15) is 5.26 Å². The highest BCUT2D eigenvalue weighted by molar-refractivity contribution is 5.75. The summed E-state index contributed by atoms with van der Waals surface area (Å²) in [5.74, 6) is 0.900. The van der Waals surface area contributed by atoms with Crippen LogP contribution in [0.2, 0.25) is 0 Å². The zero-order valence-electron chi connectivity index (χ0n) is 12.6. The van der Waals surface area contributed by atoms with Gasteiger partial charge in [0.1, 0.15) is 5.82 Å². The van der Waals surface area contributed by atoms with Gasteiger partial charge in [0.15, 0.2) is 0 Å². The number of piperidine rings is 1. The number of rotatable bonds is 4. The van der Waals surface area contributed by atoms with E-state index in [-0.39, 0.29) is 0 Å². The molecule has 21 heavy (non-hydrogen) atoms. The van der Waals surface area contributed by atoms with Crippen LogP contribution in [0, 0.1) is 11.3 Å². The van der Waals surface area contributed by atoms with Crippen LogP contribution in [0.5, 0.6) is 0 Å². The molecule has 0 spiro atoms. The first-order chi connectivity index (χ1) is 10.3. The number of hydrogen-bond donors (Lipinski definition) is 0. The highest BCUT2D eigenvalue weighted by atomic mass is 15.1. The third kappa shape index (κ3) is 2.93. The lowest BCUT2D eigenvalue weighted by Gasteiger charge is -2.32. The van der Waals surface area contributed by atoms with Gasteiger partial charge in [-0.1, -0.05) is 18.6 Å². The van der Waals surface area contributed by atoms with Crippen LogP contribution in [0.15, 0.2) is 24.3 Å². The molecule has 0 aliphatic carbocycles. The third-order valence-electron chi connectivity index (χ3n) is 4.58. The average Bonchev–Trinajstić information content (AvgIpc) is 2.84. The number of benzene rings is 1. The number of nitrogens with zero attached hydrogens (tertiary/aromatic N) is 4. The summed E-state index contributed by atoms with van der Waals surface area (Å²) >= 11 is 0. The number of fused-ring (bicyclic) bond motifs is 1. The van der Waals surface area contributed by atoms with Gasteiger partial charge in [-0.25, -0.2) is 4.98 Å². The van der Waals surface area contributed by atoms with E-state index in [0.717, 1.165) is 29.8 Å². The summed E-state index contributed by atoms with van der Waals surface area (Å²) in [6, 6.07) is 11.1. The zero-order chi connectivity index (χ0) is 14.7. The minimum atomic E-state index is 0.384. The Morgan fingerprint density at radius 3 is 3.00 bits per heavy atom. The second kappa shape index (κ2) is 6.28. The van der Waals surface area contributed by atoms with Crippen molar-refractivity contribution in [1.82, 2.24) is 14.5 Å². The Morgan fingerprint density at radius 2 is 2.19 bits per heavy atom. The topological polar surface area (TPSA) is 44.9 Å². The van der Waals surface area contributed by atoms with E-state index in [1.54, 1.807) is 0 Å². The van der Waals surface area contributed by atoms with Crippen LogP contribution in [0.4, 0.5) is 0 Å². The number of imidazole rings is 1. The molecule has 2 heterocycles. The lowest BCUT2D eigenvalue weighted by atomic mass is 10.00. The highest BCUT2D eigenvalue weighted by Crippen LogP contribution is 2.21. The van der Waals surface area contributed by atoms with Gasteiger partial charge in [0.2, 0.25) is 0 Å². The largest absolute Gasteiger partial charge is 0.327 e. The molecule has 1 saturated heterocycles.